The third kappa shape index (κ3) is 7.03. The van der Waals surface area contributed by atoms with Crippen molar-refractivity contribution in [2.75, 3.05) is 0 Å². The summed E-state index contributed by atoms with van der Waals surface area (Å²) in [6, 6.07) is 5.71. The van der Waals surface area contributed by atoms with Crippen LogP contribution < -0.4 is 5.43 Å². The second-order valence-corrected chi connectivity index (χ2v) is 6.61. The maximum Gasteiger partial charge on any atom is 0.271 e. The van der Waals surface area contributed by atoms with Gasteiger partial charge < -0.3 is 0 Å². The average molecular weight is 345 g/mol. The van der Waals surface area contributed by atoms with Crippen LogP contribution in [-0.4, -0.2) is 16.5 Å². The van der Waals surface area contributed by atoms with Crippen molar-refractivity contribution in [2.45, 2.75) is 70.6 Å². The fraction of sp³-hybridized carbons (Fsp3) is 0.579. The summed E-state index contributed by atoms with van der Waals surface area (Å²) in [5.41, 5.74) is 3.77. The summed E-state index contributed by atoms with van der Waals surface area (Å²) in [7, 11) is 0. The van der Waals surface area contributed by atoms with Crippen LogP contribution in [0.4, 0.5) is 5.69 Å². The summed E-state index contributed by atoms with van der Waals surface area (Å²) in [5.74, 6) is -0.401. The number of carbonyl (C=O) groups is 1. The Labute approximate surface area is 148 Å². The van der Waals surface area contributed by atoms with Gasteiger partial charge in [0.1, 0.15) is 0 Å². The van der Waals surface area contributed by atoms with Crippen LogP contribution >= 0.6 is 0 Å². The summed E-state index contributed by atoms with van der Waals surface area (Å²) < 4.78 is 0. The number of nitrogens with one attached hydrogen (secondary N) is 1. The molecular formula is C19H27N3O3. The lowest BCUT2D eigenvalue weighted by molar-refractivity contribution is -0.384. The van der Waals surface area contributed by atoms with Crippen LogP contribution in [0.2, 0.25) is 0 Å². The van der Waals surface area contributed by atoms with Gasteiger partial charge in [-0.15, -0.1) is 0 Å². The number of hydrogen-bond donors (Lipinski definition) is 1. The number of amides is 1. The third-order valence-electron chi connectivity index (χ3n) is 4.57. The van der Waals surface area contributed by atoms with Gasteiger partial charge in [-0.2, -0.15) is 5.10 Å². The molecule has 1 amide bonds. The van der Waals surface area contributed by atoms with E-state index in [4.69, 9.17) is 0 Å². The quantitative estimate of drug-likeness (QED) is 0.619. The molecule has 0 saturated heterocycles. The molecule has 6 nitrogen and oxygen atoms in total. The van der Waals surface area contributed by atoms with E-state index in [2.05, 4.69) is 10.5 Å². The van der Waals surface area contributed by atoms with E-state index in [1.807, 2.05) is 0 Å². The van der Waals surface area contributed by atoms with Crippen molar-refractivity contribution in [2.24, 2.45) is 5.10 Å². The largest absolute Gasteiger partial charge is 0.271 e. The Hall–Kier alpha value is -2.24. The molecular weight excluding hydrogens is 318 g/mol. The second-order valence-electron chi connectivity index (χ2n) is 6.61. The predicted molar refractivity (Wildman–Crippen MR) is 98.8 cm³/mol. The van der Waals surface area contributed by atoms with Crippen molar-refractivity contribution < 1.29 is 9.72 Å². The fourth-order valence-corrected chi connectivity index (χ4v) is 3.09. The molecule has 1 fully saturated rings. The highest BCUT2D eigenvalue weighted by molar-refractivity contribution is 5.96. The van der Waals surface area contributed by atoms with Gasteiger partial charge in [0.25, 0.3) is 11.6 Å². The van der Waals surface area contributed by atoms with E-state index >= 15 is 0 Å². The number of rotatable bonds is 3. The highest BCUT2D eigenvalue weighted by Gasteiger charge is 2.11. The maximum atomic E-state index is 12.2. The molecule has 0 heterocycles. The van der Waals surface area contributed by atoms with E-state index in [1.54, 1.807) is 6.07 Å². The van der Waals surface area contributed by atoms with Gasteiger partial charge >= 0.3 is 0 Å². The van der Waals surface area contributed by atoms with E-state index < -0.39 is 10.8 Å². The fourth-order valence-electron chi connectivity index (χ4n) is 3.09. The first-order valence-electron chi connectivity index (χ1n) is 9.27. The molecule has 6 heteroatoms. The predicted octanol–water partition coefficient (Wildman–Crippen LogP) is 4.99. The molecule has 0 spiro atoms. The Balaban J connectivity index is 1.95. The van der Waals surface area contributed by atoms with Crippen molar-refractivity contribution in [3.8, 4) is 0 Å². The first-order chi connectivity index (χ1) is 12.2. The average Bonchev–Trinajstić information content (AvgIpc) is 2.61. The van der Waals surface area contributed by atoms with Crippen molar-refractivity contribution in [1.82, 2.24) is 5.43 Å². The van der Waals surface area contributed by atoms with Gasteiger partial charge in [0.2, 0.25) is 0 Å². The van der Waals surface area contributed by atoms with Crippen LogP contribution in [0.5, 0.6) is 0 Å². The first kappa shape index (κ1) is 19.1. The minimum absolute atomic E-state index is 0.0914. The Morgan fingerprint density at radius 3 is 2.08 bits per heavy atom. The van der Waals surface area contributed by atoms with Crippen molar-refractivity contribution >= 4 is 17.3 Å². The van der Waals surface area contributed by atoms with Gasteiger partial charge in [0.15, 0.2) is 0 Å². The normalized spacial score (nSPS) is 17.0. The number of nitro groups is 1. The molecule has 136 valence electrons. The van der Waals surface area contributed by atoms with E-state index in [9.17, 15) is 14.9 Å². The molecule has 1 aliphatic rings. The topological polar surface area (TPSA) is 84.6 Å². The SMILES string of the molecule is O=C(NN=C1CCCCCCCCCCC1)c1cccc([N+](=O)[O-])c1. The van der Waals surface area contributed by atoms with E-state index in [-0.39, 0.29) is 11.3 Å². The lowest BCUT2D eigenvalue weighted by atomic mass is 10.00. The smallest absolute Gasteiger partial charge is 0.267 e. The number of benzene rings is 1. The lowest BCUT2D eigenvalue weighted by Crippen LogP contribution is -2.20. The minimum Gasteiger partial charge on any atom is -0.267 e. The summed E-state index contributed by atoms with van der Waals surface area (Å²) in [6.07, 6.45) is 13.0. The van der Waals surface area contributed by atoms with Crippen molar-refractivity contribution in [3.63, 3.8) is 0 Å². The molecule has 0 unspecified atom stereocenters. The van der Waals surface area contributed by atoms with Crippen LogP contribution in [0.1, 0.15) is 81.0 Å². The number of hydrogen-bond acceptors (Lipinski definition) is 4. The Kier molecular flexibility index (Phi) is 8.09. The Morgan fingerprint density at radius 2 is 1.52 bits per heavy atom. The minimum atomic E-state index is -0.504. The van der Waals surface area contributed by atoms with Crippen molar-refractivity contribution in [3.05, 3.63) is 39.9 Å². The molecule has 1 aromatic carbocycles. The Morgan fingerprint density at radius 1 is 0.960 bits per heavy atom. The Bertz CT molecular complexity index is 600. The van der Waals surface area contributed by atoms with E-state index in [1.165, 1.54) is 63.1 Å². The van der Waals surface area contributed by atoms with Gasteiger partial charge in [-0.3, -0.25) is 14.9 Å². The van der Waals surface area contributed by atoms with Gasteiger partial charge in [-0.05, 0) is 31.7 Å². The zero-order valence-corrected chi connectivity index (χ0v) is 14.7. The van der Waals surface area contributed by atoms with Gasteiger partial charge in [0.05, 0.1) is 4.92 Å². The number of nitro benzene ring substituents is 1. The van der Waals surface area contributed by atoms with Crippen LogP contribution in [0.25, 0.3) is 0 Å². The van der Waals surface area contributed by atoms with Crippen LogP contribution in [0, 0.1) is 10.1 Å². The molecule has 0 radical (unpaired) electrons. The first-order valence-corrected chi connectivity index (χ1v) is 9.27. The maximum absolute atomic E-state index is 12.2. The van der Waals surface area contributed by atoms with Crippen molar-refractivity contribution in [1.29, 1.82) is 0 Å². The molecule has 0 bridgehead atoms. The molecule has 2 rings (SSSR count). The van der Waals surface area contributed by atoms with Crippen LogP contribution in [0.15, 0.2) is 29.4 Å². The highest BCUT2D eigenvalue weighted by Crippen LogP contribution is 2.16. The molecule has 0 aliphatic heterocycles. The summed E-state index contributed by atoms with van der Waals surface area (Å²) >= 11 is 0. The summed E-state index contributed by atoms with van der Waals surface area (Å²) in [6.45, 7) is 0. The van der Waals surface area contributed by atoms with E-state index in [0.717, 1.165) is 31.4 Å². The molecule has 0 aromatic heterocycles. The van der Waals surface area contributed by atoms with Gasteiger partial charge in [-0.1, -0.05) is 51.0 Å². The lowest BCUT2D eigenvalue weighted by Gasteiger charge is -2.09. The zero-order chi connectivity index (χ0) is 17.9. The number of non-ortho nitro benzene ring substituents is 1. The number of carbonyl (C=O) groups excluding carboxylic acids is 1. The summed E-state index contributed by atoms with van der Waals surface area (Å²) in [4.78, 5) is 22.5. The standard InChI is InChI=1S/C19H27N3O3/c23-19(16-11-10-14-18(15-16)22(24)25)21-20-17-12-8-6-4-2-1-3-5-7-9-13-17/h10-11,14-15H,1-9,12-13H2,(H,21,23). The van der Waals surface area contributed by atoms with E-state index in [0.29, 0.717) is 0 Å². The third-order valence-corrected chi connectivity index (χ3v) is 4.57. The van der Waals surface area contributed by atoms with Gasteiger partial charge in [-0.25, -0.2) is 5.43 Å². The number of hydrazone groups is 1. The highest BCUT2D eigenvalue weighted by atomic mass is 16.6. The molecule has 0 atom stereocenters. The molecule has 1 saturated carbocycles. The second kappa shape index (κ2) is 10.6. The molecule has 1 aromatic rings. The van der Waals surface area contributed by atoms with Crippen LogP contribution in [-0.2, 0) is 0 Å². The molecule has 1 aliphatic carbocycles. The number of nitrogens with zero attached hydrogens (tertiary/aromatic N) is 2. The van der Waals surface area contributed by atoms with Gasteiger partial charge in [0, 0.05) is 23.4 Å². The monoisotopic (exact) mass is 345 g/mol. The zero-order valence-electron chi connectivity index (χ0n) is 14.7. The summed E-state index contributed by atoms with van der Waals surface area (Å²) in [5, 5.41) is 15.1. The molecule has 1 N–H and O–H groups in total. The molecule has 25 heavy (non-hydrogen) atoms. The van der Waals surface area contributed by atoms with Crippen LogP contribution in [0.3, 0.4) is 0 Å².